The molecule has 1 rings (SSSR count). The lowest BCUT2D eigenvalue weighted by Crippen LogP contribution is -2.07. The number of anilines is 1. The van der Waals surface area contributed by atoms with Gasteiger partial charge in [0.1, 0.15) is 11.6 Å². The molecule has 0 aliphatic carbocycles. The topological polar surface area (TPSA) is 37.8 Å². The number of aromatic nitrogens is 2. The van der Waals surface area contributed by atoms with Crippen molar-refractivity contribution >= 4 is 5.82 Å². The van der Waals surface area contributed by atoms with Gasteiger partial charge in [-0.15, -0.1) is 0 Å². The maximum Gasteiger partial charge on any atom is 0.130 e. The highest BCUT2D eigenvalue weighted by atomic mass is 15.0. The maximum atomic E-state index is 4.57. The smallest absolute Gasteiger partial charge is 0.130 e. The van der Waals surface area contributed by atoms with E-state index in [2.05, 4.69) is 42.1 Å². The third-order valence-corrected chi connectivity index (χ3v) is 2.36. The van der Waals surface area contributed by atoms with E-state index >= 15 is 0 Å². The van der Waals surface area contributed by atoms with E-state index in [0.29, 0.717) is 0 Å². The molecular weight excluding hydrogens is 198 g/mol. The molecule has 1 N–H and O–H groups in total. The second-order valence-electron chi connectivity index (χ2n) is 4.09. The number of hydrogen-bond donors (Lipinski definition) is 1. The Bertz CT molecular complexity index is 286. The first-order chi connectivity index (χ1) is 7.80. The summed E-state index contributed by atoms with van der Waals surface area (Å²) in [6.07, 6.45) is 5.37. The normalized spacial score (nSPS) is 10.4. The summed E-state index contributed by atoms with van der Waals surface area (Å²) in [5, 5.41) is 3.34. The van der Waals surface area contributed by atoms with E-state index in [1.54, 1.807) is 0 Å². The zero-order chi connectivity index (χ0) is 11.8. The second-order valence-corrected chi connectivity index (χ2v) is 4.09. The largest absolute Gasteiger partial charge is 0.370 e. The number of rotatable bonds is 7. The van der Waals surface area contributed by atoms with Gasteiger partial charge in [-0.3, -0.25) is 0 Å². The van der Waals surface area contributed by atoms with Crippen LogP contribution in [0.1, 0.15) is 51.6 Å². The number of nitrogens with one attached hydrogen (secondary N) is 1. The average Bonchev–Trinajstić information content (AvgIpc) is 2.27. The number of nitrogens with zero attached hydrogens (tertiary/aromatic N) is 2. The van der Waals surface area contributed by atoms with Gasteiger partial charge in [-0.2, -0.15) is 0 Å². The van der Waals surface area contributed by atoms with Gasteiger partial charge >= 0.3 is 0 Å². The van der Waals surface area contributed by atoms with Crippen LogP contribution in [-0.4, -0.2) is 16.5 Å². The molecule has 0 aromatic carbocycles. The molecule has 0 atom stereocenters. The van der Waals surface area contributed by atoms with Crippen molar-refractivity contribution < 1.29 is 0 Å². The van der Waals surface area contributed by atoms with Gasteiger partial charge in [-0.25, -0.2) is 9.97 Å². The summed E-state index contributed by atoms with van der Waals surface area (Å²) in [5.41, 5.74) is 1.17. The maximum absolute atomic E-state index is 4.57. The summed E-state index contributed by atoms with van der Waals surface area (Å²) >= 11 is 0. The molecule has 1 aromatic rings. The van der Waals surface area contributed by atoms with Crippen LogP contribution in [0.25, 0.3) is 0 Å². The summed E-state index contributed by atoms with van der Waals surface area (Å²) in [6.45, 7) is 7.48. The first-order valence-corrected chi connectivity index (χ1v) is 6.40. The highest BCUT2D eigenvalue weighted by molar-refractivity contribution is 5.36. The fourth-order valence-electron chi connectivity index (χ4n) is 1.62. The second kappa shape index (κ2) is 7.20. The number of hydrogen-bond acceptors (Lipinski definition) is 3. The predicted octanol–water partition coefficient (Wildman–Crippen LogP) is 3.20. The van der Waals surface area contributed by atoms with Crippen molar-refractivity contribution in [2.75, 3.05) is 11.9 Å². The highest BCUT2D eigenvalue weighted by Gasteiger charge is 2.03. The van der Waals surface area contributed by atoms with Gasteiger partial charge in [0.25, 0.3) is 0 Å². The van der Waals surface area contributed by atoms with Crippen LogP contribution in [0.5, 0.6) is 0 Å². The third-order valence-electron chi connectivity index (χ3n) is 2.36. The molecule has 0 saturated heterocycles. The Balaban J connectivity index is 2.80. The Labute approximate surface area is 98.7 Å². The zero-order valence-corrected chi connectivity index (χ0v) is 10.7. The molecule has 0 spiro atoms. The van der Waals surface area contributed by atoms with Crippen LogP contribution in [-0.2, 0) is 12.8 Å². The molecule has 0 aliphatic heterocycles. The van der Waals surface area contributed by atoms with E-state index in [0.717, 1.165) is 50.3 Å². The molecule has 3 heteroatoms. The molecule has 3 nitrogen and oxygen atoms in total. The van der Waals surface area contributed by atoms with Gasteiger partial charge in [-0.1, -0.05) is 27.2 Å². The van der Waals surface area contributed by atoms with Crippen LogP contribution in [0.2, 0.25) is 0 Å². The Morgan fingerprint density at radius 1 is 1.00 bits per heavy atom. The minimum absolute atomic E-state index is 0.971. The van der Waals surface area contributed by atoms with Gasteiger partial charge in [0.2, 0.25) is 0 Å². The summed E-state index contributed by atoms with van der Waals surface area (Å²) in [4.78, 5) is 9.09. The van der Waals surface area contributed by atoms with E-state index in [-0.39, 0.29) is 0 Å². The molecular formula is C13H23N3. The van der Waals surface area contributed by atoms with Crippen molar-refractivity contribution in [1.82, 2.24) is 9.97 Å². The van der Waals surface area contributed by atoms with E-state index < -0.39 is 0 Å². The van der Waals surface area contributed by atoms with Gasteiger partial charge in [-0.05, 0) is 19.3 Å². The van der Waals surface area contributed by atoms with E-state index in [1.807, 2.05) is 0 Å². The van der Waals surface area contributed by atoms with Crippen molar-refractivity contribution in [3.63, 3.8) is 0 Å². The minimum atomic E-state index is 0.971. The van der Waals surface area contributed by atoms with Crippen molar-refractivity contribution in [3.8, 4) is 0 Å². The van der Waals surface area contributed by atoms with Gasteiger partial charge < -0.3 is 5.32 Å². The molecule has 90 valence electrons. The molecule has 0 unspecified atom stereocenters. The standard InChI is InChI=1S/C13H23N3/c1-4-7-11-10-13(14-9-6-3)16-12(15-11)8-5-2/h10H,4-9H2,1-3H3,(H,14,15,16). The summed E-state index contributed by atoms with van der Waals surface area (Å²) in [5.74, 6) is 1.97. The lowest BCUT2D eigenvalue weighted by molar-refractivity contribution is 0.792. The quantitative estimate of drug-likeness (QED) is 0.768. The molecule has 0 radical (unpaired) electrons. The van der Waals surface area contributed by atoms with Crippen molar-refractivity contribution in [3.05, 3.63) is 17.6 Å². The summed E-state index contributed by atoms with van der Waals surface area (Å²) in [7, 11) is 0. The lowest BCUT2D eigenvalue weighted by atomic mass is 10.2. The monoisotopic (exact) mass is 221 g/mol. The molecule has 16 heavy (non-hydrogen) atoms. The number of aryl methyl sites for hydroxylation is 2. The van der Waals surface area contributed by atoms with Gasteiger partial charge in [0.15, 0.2) is 0 Å². The molecule has 1 heterocycles. The summed E-state index contributed by atoms with van der Waals surface area (Å²) in [6, 6.07) is 2.08. The van der Waals surface area contributed by atoms with E-state index in [1.165, 1.54) is 5.69 Å². The van der Waals surface area contributed by atoms with Gasteiger partial charge in [0, 0.05) is 24.7 Å². The van der Waals surface area contributed by atoms with Crippen molar-refractivity contribution in [2.45, 2.75) is 52.9 Å². The van der Waals surface area contributed by atoms with Crippen LogP contribution in [0.15, 0.2) is 6.07 Å². The Hall–Kier alpha value is -1.12. The van der Waals surface area contributed by atoms with E-state index in [9.17, 15) is 0 Å². The van der Waals surface area contributed by atoms with Crippen molar-refractivity contribution in [1.29, 1.82) is 0 Å². The fourth-order valence-corrected chi connectivity index (χ4v) is 1.62. The Morgan fingerprint density at radius 3 is 2.38 bits per heavy atom. The summed E-state index contributed by atoms with van der Waals surface area (Å²) < 4.78 is 0. The molecule has 1 aromatic heterocycles. The minimum Gasteiger partial charge on any atom is -0.370 e. The van der Waals surface area contributed by atoms with Crippen LogP contribution in [0.3, 0.4) is 0 Å². The van der Waals surface area contributed by atoms with Crippen molar-refractivity contribution in [2.24, 2.45) is 0 Å². The molecule has 0 saturated carbocycles. The predicted molar refractivity (Wildman–Crippen MR) is 68.8 cm³/mol. The first kappa shape index (κ1) is 12.9. The van der Waals surface area contributed by atoms with Crippen LogP contribution in [0.4, 0.5) is 5.82 Å². The lowest BCUT2D eigenvalue weighted by Gasteiger charge is -2.08. The van der Waals surface area contributed by atoms with Crippen LogP contribution >= 0.6 is 0 Å². The SMILES string of the molecule is CCCNc1cc(CCC)nc(CCC)n1. The molecule has 0 aliphatic rings. The first-order valence-electron chi connectivity index (χ1n) is 6.40. The Kier molecular flexibility index (Phi) is 5.83. The zero-order valence-electron chi connectivity index (χ0n) is 10.7. The molecule has 0 fully saturated rings. The van der Waals surface area contributed by atoms with Gasteiger partial charge in [0.05, 0.1) is 0 Å². The average molecular weight is 221 g/mol. The Morgan fingerprint density at radius 2 is 1.75 bits per heavy atom. The third kappa shape index (κ3) is 4.17. The molecule has 0 bridgehead atoms. The van der Waals surface area contributed by atoms with Crippen LogP contribution < -0.4 is 5.32 Å². The fraction of sp³-hybridized carbons (Fsp3) is 0.692. The molecule has 0 amide bonds. The van der Waals surface area contributed by atoms with Crippen LogP contribution in [0, 0.1) is 0 Å². The highest BCUT2D eigenvalue weighted by Crippen LogP contribution is 2.10. The van der Waals surface area contributed by atoms with E-state index in [4.69, 9.17) is 0 Å².